The Morgan fingerprint density at radius 3 is 2.30 bits per heavy atom. The van der Waals surface area contributed by atoms with Crippen molar-refractivity contribution in [2.45, 2.75) is 38.1 Å². The summed E-state index contributed by atoms with van der Waals surface area (Å²) in [5.74, 6) is -0.308. The van der Waals surface area contributed by atoms with Gasteiger partial charge in [-0.3, -0.25) is 9.48 Å². The molecule has 0 unspecified atom stereocenters. The third kappa shape index (κ3) is 3.51. The lowest BCUT2D eigenvalue weighted by atomic mass is 9.88. The molecule has 4 rings (SSSR count). The molecule has 1 saturated carbocycles. The summed E-state index contributed by atoms with van der Waals surface area (Å²) < 4.78 is 16.6. The number of aromatic nitrogens is 2. The van der Waals surface area contributed by atoms with Crippen LogP contribution in [-0.2, 0) is 12.6 Å². The highest BCUT2D eigenvalue weighted by molar-refractivity contribution is 5.90. The van der Waals surface area contributed by atoms with Crippen molar-refractivity contribution in [1.29, 1.82) is 0 Å². The number of nitrogens with one attached hydrogen (secondary N) is 2. The van der Waals surface area contributed by atoms with Crippen LogP contribution in [0.4, 0.5) is 14.9 Å². The summed E-state index contributed by atoms with van der Waals surface area (Å²) in [5, 5.41) is 5.83. The van der Waals surface area contributed by atoms with Gasteiger partial charge < -0.3 is 10.6 Å². The van der Waals surface area contributed by atoms with Crippen molar-refractivity contribution in [3.63, 3.8) is 0 Å². The maximum Gasteiger partial charge on any atom is 0.320 e. The fourth-order valence-electron chi connectivity index (χ4n) is 4.31. The lowest BCUT2D eigenvalue weighted by molar-refractivity contribution is 0.236. The molecule has 0 saturated heterocycles. The predicted molar refractivity (Wildman–Crippen MR) is 114 cm³/mol. The van der Waals surface area contributed by atoms with E-state index in [4.69, 9.17) is 0 Å². The average Bonchev–Trinajstić information content (AvgIpc) is 3.29. The molecule has 7 heteroatoms. The van der Waals surface area contributed by atoms with E-state index in [-0.39, 0.29) is 17.1 Å². The van der Waals surface area contributed by atoms with Gasteiger partial charge in [-0.05, 0) is 49.6 Å². The Morgan fingerprint density at radius 1 is 1.03 bits per heavy atom. The number of carbonyl (C=O) groups excluding carboxylic acids is 1. The van der Waals surface area contributed by atoms with Crippen LogP contribution in [0.25, 0.3) is 5.69 Å². The van der Waals surface area contributed by atoms with E-state index in [2.05, 4.69) is 10.6 Å². The molecule has 0 aliphatic heterocycles. The number of anilines is 1. The zero-order valence-electron chi connectivity index (χ0n) is 17.1. The molecule has 3 aromatic rings. The first-order valence-corrected chi connectivity index (χ1v) is 10.1. The van der Waals surface area contributed by atoms with E-state index in [1.807, 2.05) is 30.3 Å². The molecule has 0 spiro atoms. The number of amides is 2. The molecule has 2 amide bonds. The molecule has 1 fully saturated rings. The fourth-order valence-corrected chi connectivity index (χ4v) is 4.31. The summed E-state index contributed by atoms with van der Waals surface area (Å²) >= 11 is 0. The molecule has 1 aromatic heterocycles. The van der Waals surface area contributed by atoms with E-state index in [0.29, 0.717) is 5.69 Å². The Balaban J connectivity index is 1.61. The summed E-state index contributed by atoms with van der Waals surface area (Å²) in [4.78, 5) is 26.0. The van der Waals surface area contributed by atoms with Crippen LogP contribution >= 0.6 is 0 Å². The van der Waals surface area contributed by atoms with Gasteiger partial charge in [0, 0.05) is 7.05 Å². The fraction of sp³-hybridized carbons (Fsp3) is 0.304. The maximum absolute atomic E-state index is 13.4. The molecular weight excluding hydrogens is 383 g/mol. The highest BCUT2D eigenvalue weighted by atomic mass is 19.1. The lowest BCUT2D eigenvalue weighted by Crippen LogP contribution is -2.46. The number of para-hydroxylation sites is 1. The molecule has 2 aromatic carbocycles. The van der Waals surface area contributed by atoms with E-state index in [1.165, 1.54) is 16.8 Å². The standard InChI is InChI=1S/C23H25FN4O2/c1-16-20(21(29)28(27(16)2)19-8-4-3-5-9-19)25-22(30)26-23(14-6-7-15-23)17-10-12-18(24)13-11-17/h3-5,8-13H,6-7,14-15H2,1-2H3,(H2,25,26,30). The Labute approximate surface area is 174 Å². The molecule has 1 aliphatic carbocycles. The number of urea groups is 1. The second-order valence-corrected chi connectivity index (χ2v) is 7.81. The van der Waals surface area contributed by atoms with Crippen molar-refractivity contribution in [1.82, 2.24) is 14.7 Å². The van der Waals surface area contributed by atoms with Gasteiger partial charge in [-0.25, -0.2) is 13.9 Å². The van der Waals surface area contributed by atoms with Crippen LogP contribution in [0.2, 0.25) is 0 Å². The van der Waals surface area contributed by atoms with Crippen LogP contribution in [0.3, 0.4) is 0 Å². The van der Waals surface area contributed by atoms with E-state index >= 15 is 0 Å². The Kier molecular flexibility index (Phi) is 5.20. The summed E-state index contributed by atoms with van der Waals surface area (Å²) in [7, 11) is 1.78. The highest BCUT2D eigenvalue weighted by Crippen LogP contribution is 2.38. The Hall–Kier alpha value is -3.35. The normalized spacial score (nSPS) is 15.2. The topological polar surface area (TPSA) is 68.1 Å². The van der Waals surface area contributed by atoms with Crippen LogP contribution in [-0.4, -0.2) is 15.4 Å². The molecule has 2 N–H and O–H groups in total. The minimum Gasteiger partial charge on any atom is -0.328 e. The molecule has 156 valence electrons. The molecule has 1 heterocycles. The van der Waals surface area contributed by atoms with Crippen LogP contribution in [0.1, 0.15) is 36.9 Å². The highest BCUT2D eigenvalue weighted by Gasteiger charge is 2.37. The zero-order valence-corrected chi connectivity index (χ0v) is 17.1. The van der Waals surface area contributed by atoms with Gasteiger partial charge in [-0.2, -0.15) is 0 Å². The van der Waals surface area contributed by atoms with Crippen molar-refractivity contribution in [2.24, 2.45) is 7.05 Å². The SMILES string of the molecule is Cc1c(NC(=O)NC2(c3ccc(F)cc3)CCCC2)c(=O)n(-c2ccccc2)n1C. The quantitative estimate of drug-likeness (QED) is 0.679. The molecule has 0 bridgehead atoms. The molecular formula is C23H25FN4O2. The van der Waals surface area contributed by atoms with Gasteiger partial charge in [-0.1, -0.05) is 43.2 Å². The minimum atomic E-state index is -0.557. The van der Waals surface area contributed by atoms with Gasteiger partial charge in [0.25, 0.3) is 5.56 Å². The third-order valence-corrected chi connectivity index (χ3v) is 6.00. The zero-order chi connectivity index (χ0) is 21.3. The monoisotopic (exact) mass is 408 g/mol. The Morgan fingerprint density at radius 2 is 1.67 bits per heavy atom. The molecule has 0 atom stereocenters. The van der Waals surface area contributed by atoms with Crippen molar-refractivity contribution < 1.29 is 9.18 Å². The van der Waals surface area contributed by atoms with Gasteiger partial charge in [-0.15, -0.1) is 0 Å². The van der Waals surface area contributed by atoms with Gasteiger partial charge in [0.1, 0.15) is 11.5 Å². The first-order valence-electron chi connectivity index (χ1n) is 10.1. The molecule has 0 radical (unpaired) electrons. The minimum absolute atomic E-state index is 0.242. The lowest BCUT2D eigenvalue weighted by Gasteiger charge is -2.31. The first kappa shape index (κ1) is 19.9. The number of benzene rings is 2. The summed E-state index contributed by atoms with van der Waals surface area (Å²) in [6.07, 6.45) is 3.49. The van der Waals surface area contributed by atoms with Crippen LogP contribution in [0, 0.1) is 12.7 Å². The number of nitrogens with zero attached hydrogens (tertiary/aromatic N) is 2. The van der Waals surface area contributed by atoms with Crippen LogP contribution < -0.4 is 16.2 Å². The van der Waals surface area contributed by atoms with Gasteiger partial charge in [0.2, 0.25) is 0 Å². The van der Waals surface area contributed by atoms with E-state index in [1.54, 1.807) is 30.8 Å². The number of halogens is 1. The van der Waals surface area contributed by atoms with Gasteiger partial charge in [0.15, 0.2) is 0 Å². The van der Waals surface area contributed by atoms with Crippen molar-refractivity contribution in [3.8, 4) is 5.69 Å². The maximum atomic E-state index is 13.4. The second-order valence-electron chi connectivity index (χ2n) is 7.81. The molecule has 30 heavy (non-hydrogen) atoms. The second kappa shape index (κ2) is 7.82. The number of rotatable bonds is 4. The van der Waals surface area contributed by atoms with Crippen LogP contribution in [0.15, 0.2) is 59.4 Å². The van der Waals surface area contributed by atoms with Crippen molar-refractivity contribution in [3.05, 3.63) is 82.0 Å². The number of carbonyl (C=O) groups is 1. The van der Waals surface area contributed by atoms with Crippen LogP contribution in [0.5, 0.6) is 0 Å². The molecule has 1 aliphatic rings. The largest absolute Gasteiger partial charge is 0.328 e. The van der Waals surface area contributed by atoms with E-state index < -0.39 is 11.6 Å². The number of hydrogen-bond donors (Lipinski definition) is 2. The Bertz CT molecular complexity index is 1110. The van der Waals surface area contributed by atoms with Crippen molar-refractivity contribution in [2.75, 3.05) is 5.32 Å². The van der Waals surface area contributed by atoms with Crippen molar-refractivity contribution >= 4 is 11.7 Å². The predicted octanol–water partition coefficient (Wildman–Crippen LogP) is 4.21. The van der Waals surface area contributed by atoms with Gasteiger partial charge >= 0.3 is 6.03 Å². The smallest absolute Gasteiger partial charge is 0.320 e. The van der Waals surface area contributed by atoms with Gasteiger partial charge in [0.05, 0.1) is 16.9 Å². The average molecular weight is 408 g/mol. The summed E-state index contributed by atoms with van der Waals surface area (Å²) in [6, 6.07) is 15.1. The first-order chi connectivity index (χ1) is 14.4. The summed E-state index contributed by atoms with van der Waals surface area (Å²) in [5.41, 5.74) is 1.65. The third-order valence-electron chi connectivity index (χ3n) is 6.00. The van der Waals surface area contributed by atoms with E-state index in [9.17, 15) is 14.0 Å². The van der Waals surface area contributed by atoms with E-state index in [0.717, 1.165) is 36.9 Å². The summed E-state index contributed by atoms with van der Waals surface area (Å²) in [6.45, 7) is 1.79. The molecule has 6 nitrogen and oxygen atoms in total. The number of hydrogen-bond acceptors (Lipinski definition) is 2.